The average molecular weight is 330 g/mol. The third-order valence-electron chi connectivity index (χ3n) is 5.44. The number of aryl methyl sites for hydroxylation is 1. The molecule has 1 unspecified atom stereocenters. The largest absolute Gasteiger partial charge is 0.349 e. The molecular weight excluding hydrogens is 300 g/mol. The smallest absolute Gasteiger partial charge is 0.225 e. The molecule has 1 saturated heterocycles. The first-order chi connectivity index (χ1) is 11.6. The Morgan fingerprint density at radius 2 is 1.83 bits per heavy atom. The second kappa shape index (κ2) is 7.95. The Labute approximate surface area is 145 Å². The van der Waals surface area contributed by atoms with Gasteiger partial charge in [0.25, 0.3) is 0 Å². The third-order valence-corrected chi connectivity index (χ3v) is 5.44. The monoisotopic (exact) mass is 330 g/mol. The van der Waals surface area contributed by atoms with Crippen LogP contribution in [-0.2, 0) is 4.79 Å². The highest BCUT2D eigenvalue weighted by Gasteiger charge is 2.26. The maximum Gasteiger partial charge on any atom is 0.225 e. The summed E-state index contributed by atoms with van der Waals surface area (Å²) in [4.78, 5) is 23.8. The summed E-state index contributed by atoms with van der Waals surface area (Å²) in [6, 6.07) is -0.0283. The Hall–Kier alpha value is -1.65. The van der Waals surface area contributed by atoms with Crippen molar-refractivity contribution >= 4 is 11.9 Å². The van der Waals surface area contributed by atoms with Crippen molar-refractivity contribution in [2.75, 3.05) is 18.0 Å². The molecule has 24 heavy (non-hydrogen) atoms. The SMILES string of the molecule is Cc1nc(N2CCCCCCC2)ncc1C(C)NC(=O)C1CCC1. The lowest BCUT2D eigenvalue weighted by Gasteiger charge is -2.27. The summed E-state index contributed by atoms with van der Waals surface area (Å²) < 4.78 is 0. The summed E-state index contributed by atoms with van der Waals surface area (Å²) in [5.41, 5.74) is 2.00. The molecule has 3 rings (SSSR count). The van der Waals surface area contributed by atoms with Crippen molar-refractivity contribution < 1.29 is 4.79 Å². The molecule has 0 aromatic carbocycles. The molecule has 2 aliphatic rings. The van der Waals surface area contributed by atoms with E-state index in [2.05, 4.69) is 15.2 Å². The fraction of sp³-hybridized carbons (Fsp3) is 0.737. The number of nitrogens with one attached hydrogen (secondary N) is 1. The van der Waals surface area contributed by atoms with Gasteiger partial charge in [-0.3, -0.25) is 4.79 Å². The van der Waals surface area contributed by atoms with Crippen LogP contribution < -0.4 is 10.2 Å². The van der Waals surface area contributed by atoms with Crippen molar-refractivity contribution in [3.05, 3.63) is 17.5 Å². The first-order valence-electron chi connectivity index (χ1n) is 9.54. The number of carbonyl (C=O) groups is 1. The lowest BCUT2D eigenvalue weighted by molar-refractivity contribution is -0.128. The van der Waals surface area contributed by atoms with Crippen molar-refractivity contribution in [2.24, 2.45) is 5.92 Å². The predicted molar refractivity (Wildman–Crippen MR) is 96.0 cm³/mol. The zero-order valence-electron chi connectivity index (χ0n) is 15.1. The molecule has 1 aliphatic carbocycles. The van der Waals surface area contributed by atoms with Gasteiger partial charge >= 0.3 is 0 Å². The minimum atomic E-state index is -0.0283. The highest BCUT2D eigenvalue weighted by atomic mass is 16.2. The lowest BCUT2D eigenvalue weighted by Crippen LogP contribution is -2.36. The van der Waals surface area contributed by atoms with Crippen LogP contribution in [0.15, 0.2) is 6.20 Å². The van der Waals surface area contributed by atoms with Crippen LogP contribution in [0.2, 0.25) is 0 Å². The molecule has 1 N–H and O–H groups in total. The molecule has 2 fully saturated rings. The zero-order chi connectivity index (χ0) is 16.9. The average Bonchev–Trinajstić information content (AvgIpc) is 2.44. The first-order valence-corrected chi connectivity index (χ1v) is 9.54. The molecule has 1 aromatic heterocycles. The van der Waals surface area contributed by atoms with Crippen LogP contribution in [-0.4, -0.2) is 29.0 Å². The molecule has 5 nitrogen and oxygen atoms in total. The standard InChI is InChI=1S/C19H30N4O/c1-14(21-18(24)16-9-8-10-16)17-13-20-19(22-15(17)2)23-11-6-4-3-5-7-12-23/h13-14,16H,3-12H2,1-2H3,(H,21,24). The number of carbonyl (C=O) groups excluding carboxylic acids is 1. The Morgan fingerprint density at radius 1 is 1.17 bits per heavy atom. The molecule has 2 heterocycles. The number of hydrogen-bond acceptors (Lipinski definition) is 4. The van der Waals surface area contributed by atoms with Crippen LogP contribution in [0.25, 0.3) is 0 Å². The summed E-state index contributed by atoms with van der Waals surface area (Å²) >= 11 is 0. The van der Waals surface area contributed by atoms with Crippen LogP contribution in [0.1, 0.15) is 75.6 Å². The number of amides is 1. The summed E-state index contributed by atoms with van der Waals surface area (Å²) in [5, 5.41) is 3.12. The maximum absolute atomic E-state index is 12.1. The summed E-state index contributed by atoms with van der Waals surface area (Å²) in [5.74, 6) is 1.24. The molecule has 0 bridgehead atoms. The van der Waals surface area contributed by atoms with E-state index >= 15 is 0 Å². The van der Waals surface area contributed by atoms with Crippen molar-refractivity contribution in [2.45, 2.75) is 71.3 Å². The molecule has 0 spiro atoms. The van der Waals surface area contributed by atoms with Gasteiger partial charge in [-0.25, -0.2) is 9.97 Å². The van der Waals surface area contributed by atoms with E-state index in [1.807, 2.05) is 20.0 Å². The highest BCUT2D eigenvalue weighted by molar-refractivity contribution is 5.79. The Bertz CT molecular complexity index is 562. The van der Waals surface area contributed by atoms with Gasteiger partial charge in [0.05, 0.1) is 6.04 Å². The summed E-state index contributed by atoms with van der Waals surface area (Å²) in [7, 11) is 0. The number of nitrogens with zero attached hydrogens (tertiary/aromatic N) is 3. The van der Waals surface area contributed by atoms with Crippen LogP contribution >= 0.6 is 0 Å². The second-order valence-electron chi connectivity index (χ2n) is 7.32. The number of hydrogen-bond donors (Lipinski definition) is 1. The Balaban J connectivity index is 1.65. The van der Waals surface area contributed by atoms with E-state index in [4.69, 9.17) is 4.98 Å². The normalized spacial score (nSPS) is 20.7. The van der Waals surface area contributed by atoms with Gasteiger partial charge in [-0.05, 0) is 39.5 Å². The highest BCUT2D eigenvalue weighted by Crippen LogP contribution is 2.27. The van der Waals surface area contributed by atoms with Gasteiger partial charge in [0, 0.05) is 36.5 Å². The van der Waals surface area contributed by atoms with E-state index in [0.29, 0.717) is 0 Å². The van der Waals surface area contributed by atoms with Gasteiger partial charge < -0.3 is 10.2 Å². The fourth-order valence-electron chi connectivity index (χ4n) is 3.57. The molecular formula is C19H30N4O. The van der Waals surface area contributed by atoms with E-state index in [9.17, 15) is 4.79 Å². The molecule has 1 saturated carbocycles. The minimum Gasteiger partial charge on any atom is -0.349 e. The van der Waals surface area contributed by atoms with Crippen molar-refractivity contribution in [1.29, 1.82) is 0 Å². The van der Waals surface area contributed by atoms with E-state index in [0.717, 1.165) is 43.1 Å². The fourth-order valence-corrected chi connectivity index (χ4v) is 3.57. The van der Waals surface area contributed by atoms with E-state index in [1.54, 1.807) is 0 Å². The second-order valence-corrected chi connectivity index (χ2v) is 7.32. The molecule has 0 radical (unpaired) electrons. The molecule has 132 valence electrons. The van der Waals surface area contributed by atoms with Crippen LogP contribution in [0.5, 0.6) is 0 Å². The predicted octanol–water partition coefficient (Wildman–Crippen LogP) is 3.53. The molecule has 1 aromatic rings. The third kappa shape index (κ3) is 4.05. The molecule has 1 aliphatic heterocycles. The van der Waals surface area contributed by atoms with E-state index in [-0.39, 0.29) is 17.9 Å². The van der Waals surface area contributed by atoms with Crippen LogP contribution in [0, 0.1) is 12.8 Å². The van der Waals surface area contributed by atoms with Crippen LogP contribution in [0.4, 0.5) is 5.95 Å². The summed E-state index contributed by atoms with van der Waals surface area (Å²) in [6.45, 7) is 6.15. The first kappa shape index (κ1) is 17.2. The summed E-state index contributed by atoms with van der Waals surface area (Å²) in [6.07, 6.45) is 11.5. The van der Waals surface area contributed by atoms with Gasteiger partial charge in [0.15, 0.2) is 0 Å². The zero-order valence-corrected chi connectivity index (χ0v) is 15.1. The Kier molecular flexibility index (Phi) is 5.69. The molecule has 1 amide bonds. The van der Waals surface area contributed by atoms with Gasteiger partial charge in [-0.1, -0.05) is 25.7 Å². The van der Waals surface area contributed by atoms with Crippen molar-refractivity contribution in [1.82, 2.24) is 15.3 Å². The Morgan fingerprint density at radius 3 is 2.42 bits per heavy atom. The van der Waals surface area contributed by atoms with E-state index < -0.39 is 0 Å². The van der Waals surface area contributed by atoms with Gasteiger partial charge in [0.1, 0.15) is 0 Å². The number of rotatable bonds is 4. The molecule has 1 atom stereocenters. The van der Waals surface area contributed by atoms with Crippen molar-refractivity contribution in [3.63, 3.8) is 0 Å². The molecule has 5 heteroatoms. The van der Waals surface area contributed by atoms with Gasteiger partial charge in [-0.2, -0.15) is 0 Å². The quantitative estimate of drug-likeness (QED) is 0.917. The van der Waals surface area contributed by atoms with Crippen LogP contribution in [0.3, 0.4) is 0 Å². The minimum absolute atomic E-state index is 0.0283. The van der Waals surface area contributed by atoms with Crippen molar-refractivity contribution in [3.8, 4) is 0 Å². The van der Waals surface area contributed by atoms with E-state index in [1.165, 1.54) is 38.5 Å². The maximum atomic E-state index is 12.1. The number of anilines is 1. The number of aromatic nitrogens is 2. The topological polar surface area (TPSA) is 58.1 Å². The van der Waals surface area contributed by atoms with Gasteiger partial charge in [-0.15, -0.1) is 0 Å². The van der Waals surface area contributed by atoms with Gasteiger partial charge in [0.2, 0.25) is 11.9 Å². The lowest BCUT2D eigenvalue weighted by atomic mass is 9.84.